The molecule has 1 amide bonds. The van der Waals surface area contributed by atoms with Crippen LogP contribution in [0.5, 0.6) is 0 Å². The second-order valence-corrected chi connectivity index (χ2v) is 6.44. The van der Waals surface area contributed by atoms with Crippen molar-refractivity contribution in [3.05, 3.63) is 59.4 Å². The number of benzene rings is 1. The topological polar surface area (TPSA) is 63.2 Å². The predicted octanol–water partition coefficient (Wildman–Crippen LogP) is 3.15. The first-order valence-corrected chi connectivity index (χ1v) is 8.23. The summed E-state index contributed by atoms with van der Waals surface area (Å²) in [4.78, 5) is 15.4. The molecule has 1 aromatic carbocycles. The van der Waals surface area contributed by atoms with Crippen LogP contribution in [0, 0.1) is 0 Å². The monoisotopic (exact) mass is 363 g/mol. The molecule has 0 spiro atoms. The fourth-order valence-corrected chi connectivity index (χ4v) is 3.34. The smallest absolute Gasteiger partial charge is 0.367 e. The average Bonchev–Trinajstić information content (AvgIpc) is 3.25. The van der Waals surface area contributed by atoms with Crippen molar-refractivity contribution in [3.8, 4) is 0 Å². The van der Waals surface area contributed by atoms with E-state index in [-0.39, 0.29) is 17.8 Å². The van der Waals surface area contributed by atoms with E-state index >= 15 is 0 Å². The number of pyridine rings is 1. The molecule has 26 heavy (non-hydrogen) atoms. The lowest BCUT2D eigenvalue weighted by atomic mass is 10.0. The molecule has 2 aliphatic heterocycles. The van der Waals surface area contributed by atoms with Gasteiger partial charge in [0.05, 0.1) is 17.8 Å². The van der Waals surface area contributed by atoms with Gasteiger partial charge < -0.3 is 15.4 Å². The minimum absolute atomic E-state index is 0.0117. The number of hydrogen-bond acceptors (Lipinski definition) is 4. The van der Waals surface area contributed by atoms with E-state index < -0.39 is 17.8 Å². The Morgan fingerprint density at radius 2 is 1.96 bits per heavy atom. The van der Waals surface area contributed by atoms with Gasteiger partial charge in [-0.1, -0.05) is 12.1 Å². The maximum Gasteiger partial charge on any atom is 0.433 e. The number of nitrogens with zero attached hydrogens (tertiary/aromatic N) is 1. The van der Waals surface area contributed by atoms with Gasteiger partial charge in [-0.3, -0.25) is 9.78 Å². The van der Waals surface area contributed by atoms with Gasteiger partial charge in [-0.05, 0) is 36.2 Å². The third kappa shape index (κ3) is 3.30. The van der Waals surface area contributed by atoms with Crippen LogP contribution in [0.25, 0.3) is 0 Å². The normalized spacial score (nSPS) is 24.7. The van der Waals surface area contributed by atoms with E-state index in [1.54, 1.807) is 12.1 Å². The van der Waals surface area contributed by atoms with Gasteiger partial charge >= 0.3 is 6.18 Å². The van der Waals surface area contributed by atoms with Crippen LogP contribution in [0.2, 0.25) is 0 Å². The van der Waals surface area contributed by atoms with Crippen LogP contribution < -0.4 is 10.6 Å². The standard InChI is InChI=1S/C18H16F3N3O2/c19-18(20,21)15-6-3-11(8-23-15)17(25)24-12-4-1-10(2-5-12)16-14-7-13(26-16)9-22-14/h1-6,8,13-14,16,22H,7,9H2,(H,24,25)/t13-,14-,16+/m1/s1. The molecule has 0 aliphatic carbocycles. The highest BCUT2D eigenvalue weighted by molar-refractivity contribution is 6.04. The van der Waals surface area contributed by atoms with Crippen LogP contribution in [-0.2, 0) is 10.9 Å². The minimum atomic E-state index is -4.53. The lowest BCUT2D eigenvalue weighted by Crippen LogP contribution is -2.33. The summed E-state index contributed by atoms with van der Waals surface area (Å²) in [5.41, 5.74) is 0.606. The number of amides is 1. The van der Waals surface area contributed by atoms with E-state index in [1.807, 2.05) is 12.1 Å². The predicted molar refractivity (Wildman–Crippen MR) is 87.7 cm³/mol. The number of alkyl halides is 3. The first kappa shape index (κ1) is 17.0. The molecule has 4 rings (SSSR count). The number of hydrogen-bond donors (Lipinski definition) is 2. The Balaban J connectivity index is 1.41. The van der Waals surface area contributed by atoms with Crippen molar-refractivity contribution in [2.24, 2.45) is 0 Å². The summed E-state index contributed by atoms with van der Waals surface area (Å²) in [6.45, 7) is 0.885. The van der Waals surface area contributed by atoms with Crippen molar-refractivity contribution >= 4 is 11.6 Å². The van der Waals surface area contributed by atoms with Gasteiger partial charge in [0.1, 0.15) is 5.69 Å². The summed E-state index contributed by atoms with van der Waals surface area (Å²) >= 11 is 0. The number of anilines is 1. The van der Waals surface area contributed by atoms with Crippen LogP contribution in [0.1, 0.15) is 34.1 Å². The van der Waals surface area contributed by atoms with E-state index in [4.69, 9.17) is 4.74 Å². The molecule has 2 fully saturated rings. The number of ether oxygens (including phenoxy) is 1. The van der Waals surface area contributed by atoms with Gasteiger partial charge in [-0.2, -0.15) is 13.2 Å². The zero-order valence-corrected chi connectivity index (χ0v) is 13.6. The number of aromatic nitrogens is 1. The highest BCUT2D eigenvalue weighted by atomic mass is 19.4. The zero-order valence-electron chi connectivity index (χ0n) is 13.6. The van der Waals surface area contributed by atoms with Crippen molar-refractivity contribution in [1.29, 1.82) is 0 Å². The molecule has 2 aliphatic rings. The average molecular weight is 363 g/mol. The van der Waals surface area contributed by atoms with Crippen molar-refractivity contribution in [1.82, 2.24) is 10.3 Å². The first-order valence-electron chi connectivity index (χ1n) is 8.23. The Hall–Kier alpha value is -2.45. The summed E-state index contributed by atoms with van der Waals surface area (Å²) in [6, 6.07) is 9.48. The molecule has 3 heterocycles. The fraction of sp³-hybridized carbons (Fsp3) is 0.333. The van der Waals surface area contributed by atoms with Crippen LogP contribution in [0.3, 0.4) is 0 Å². The highest BCUT2D eigenvalue weighted by Crippen LogP contribution is 2.37. The Kier molecular flexibility index (Phi) is 4.16. The Labute approximate surface area is 147 Å². The quantitative estimate of drug-likeness (QED) is 0.879. The summed E-state index contributed by atoms with van der Waals surface area (Å²) in [5, 5.41) is 6.06. The maximum absolute atomic E-state index is 12.5. The summed E-state index contributed by atoms with van der Waals surface area (Å²) in [5.74, 6) is -0.517. The van der Waals surface area contributed by atoms with Gasteiger partial charge in [-0.25, -0.2) is 0 Å². The van der Waals surface area contributed by atoms with Gasteiger partial charge in [0.15, 0.2) is 0 Å². The minimum Gasteiger partial charge on any atom is -0.367 e. The molecule has 2 aromatic rings. The molecule has 2 saturated heterocycles. The third-order valence-corrected chi connectivity index (χ3v) is 4.64. The molecule has 5 nitrogen and oxygen atoms in total. The largest absolute Gasteiger partial charge is 0.433 e. The SMILES string of the molecule is O=C(Nc1ccc([C@@H]2O[C@H]3CN[C@@H]2C3)cc1)c1ccc(C(F)(F)F)nc1. The molecule has 3 atom stereocenters. The lowest BCUT2D eigenvalue weighted by molar-refractivity contribution is -0.141. The molecular formula is C18H16F3N3O2. The number of fused-ring (bicyclic) bond motifs is 2. The van der Waals surface area contributed by atoms with E-state index in [2.05, 4.69) is 15.6 Å². The van der Waals surface area contributed by atoms with E-state index in [1.165, 1.54) is 0 Å². The van der Waals surface area contributed by atoms with Crippen molar-refractivity contribution < 1.29 is 22.7 Å². The third-order valence-electron chi connectivity index (χ3n) is 4.64. The Morgan fingerprint density at radius 1 is 1.19 bits per heavy atom. The van der Waals surface area contributed by atoms with Crippen molar-refractivity contribution in [2.45, 2.75) is 30.8 Å². The molecule has 8 heteroatoms. The van der Waals surface area contributed by atoms with Gasteiger partial charge in [0.2, 0.25) is 0 Å². The molecule has 0 saturated carbocycles. The lowest BCUT2D eigenvalue weighted by Gasteiger charge is -2.23. The molecule has 0 unspecified atom stereocenters. The first-order chi connectivity index (χ1) is 12.4. The number of carbonyl (C=O) groups excluding carboxylic acids is 1. The molecule has 1 aromatic heterocycles. The summed E-state index contributed by atoms with van der Waals surface area (Å²) in [7, 11) is 0. The fourth-order valence-electron chi connectivity index (χ4n) is 3.34. The number of carbonyl (C=O) groups is 1. The Bertz CT molecular complexity index is 806. The Morgan fingerprint density at radius 3 is 2.50 bits per heavy atom. The highest BCUT2D eigenvalue weighted by Gasteiger charge is 2.41. The summed E-state index contributed by atoms with van der Waals surface area (Å²) < 4.78 is 43.5. The van der Waals surface area contributed by atoms with E-state index in [0.717, 1.165) is 36.9 Å². The van der Waals surface area contributed by atoms with Crippen LogP contribution in [0.4, 0.5) is 18.9 Å². The number of rotatable bonds is 3. The second kappa shape index (κ2) is 6.37. The molecule has 136 valence electrons. The van der Waals surface area contributed by atoms with E-state index in [0.29, 0.717) is 11.7 Å². The molecule has 2 N–H and O–H groups in total. The second-order valence-electron chi connectivity index (χ2n) is 6.44. The van der Waals surface area contributed by atoms with Crippen LogP contribution in [-0.4, -0.2) is 29.6 Å². The number of morpholine rings is 1. The van der Waals surface area contributed by atoms with Gasteiger partial charge in [0, 0.05) is 24.5 Å². The number of halogens is 3. The van der Waals surface area contributed by atoms with Crippen molar-refractivity contribution in [2.75, 3.05) is 11.9 Å². The number of nitrogens with one attached hydrogen (secondary N) is 2. The van der Waals surface area contributed by atoms with Crippen LogP contribution >= 0.6 is 0 Å². The van der Waals surface area contributed by atoms with Crippen molar-refractivity contribution in [3.63, 3.8) is 0 Å². The van der Waals surface area contributed by atoms with Crippen LogP contribution in [0.15, 0.2) is 42.6 Å². The molecule has 0 radical (unpaired) electrons. The zero-order chi connectivity index (χ0) is 18.3. The van der Waals surface area contributed by atoms with E-state index in [9.17, 15) is 18.0 Å². The molecular weight excluding hydrogens is 347 g/mol. The molecule has 2 bridgehead atoms. The maximum atomic E-state index is 12.5. The van der Waals surface area contributed by atoms with Gasteiger partial charge in [0.25, 0.3) is 5.91 Å². The van der Waals surface area contributed by atoms with Gasteiger partial charge in [-0.15, -0.1) is 0 Å². The summed E-state index contributed by atoms with van der Waals surface area (Å²) in [6.07, 6.45) is -2.33.